The van der Waals surface area contributed by atoms with Crippen molar-refractivity contribution in [2.45, 2.75) is 52.0 Å². The second-order valence-electron chi connectivity index (χ2n) is 7.72. The lowest BCUT2D eigenvalue weighted by Gasteiger charge is -2.24. The fourth-order valence-corrected chi connectivity index (χ4v) is 5.35. The monoisotopic (exact) mass is 269 g/mol. The molecular formula is C19H27N. The third-order valence-electron chi connectivity index (χ3n) is 6.41. The summed E-state index contributed by atoms with van der Waals surface area (Å²) < 4.78 is 0. The predicted octanol–water partition coefficient (Wildman–Crippen LogP) is 3.82. The van der Waals surface area contributed by atoms with Crippen LogP contribution in [0.4, 0.5) is 0 Å². The second-order valence-corrected chi connectivity index (χ2v) is 7.72. The van der Waals surface area contributed by atoms with E-state index in [4.69, 9.17) is 0 Å². The molecule has 3 unspecified atom stereocenters. The van der Waals surface area contributed by atoms with E-state index in [-0.39, 0.29) is 0 Å². The van der Waals surface area contributed by atoms with Gasteiger partial charge in [0, 0.05) is 6.04 Å². The number of nitrogens with one attached hydrogen (secondary N) is 1. The largest absolute Gasteiger partial charge is 0.314 e. The van der Waals surface area contributed by atoms with Crippen molar-refractivity contribution in [2.75, 3.05) is 6.54 Å². The summed E-state index contributed by atoms with van der Waals surface area (Å²) in [4.78, 5) is 0. The summed E-state index contributed by atoms with van der Waals surface area (Å²) in [7, 11) is 0. The van der Waals surface area contributed by atoms with Crippen LogP contribution in [0.25, 0.3) is 0 Å². The summed E-state index contributed by atoms with van der Waals surface area (Å²) in [5.74, 6) is 2.89. The molecule has 1 heteroatoms. The van der Waals surface area contributed by atoms with Crippen LogP contribution in [0.15, 0.2) is 24.3 Å². The first kappa shape index (κ1) is 12.9. The van der Waals surface area contributed by atoms with Crippen LogP contribution in [0.1, 0.15) is 44.2 Å². The lowest BCUT2D eigenvalue weighted by Crippen LogP contribution is -2.29. The van der Waals surface area contributed by atoms with Gasteiger partial charge < -0.3 is 5.32 Å². The highest BCUT2D eigenvalue weighted by molar-refractivity contribution is 5.33. The van der Waals surface area contributed by atoms with Gasteiger partial charge in [0.1, 0.15) is 0 Å². The first-order valence-corrected chi connectivity index (χ1v) is 8.50. The Bertz CT molecular complexity index is 471. The van der Waals surface area contributed by atoms with Crippen LogP contribution >= 0.6 is 0 Å². The SMILES string of the molecule is CC(C)NCC1CC12C1CCC2Cc2ccccc2C1. The molecular weight excluding hydrogens is 242 g/mol. The average molecular weight is 269 g/mol. The molecule has 3 aliphatic rings. The van der Waals surface area contributed by atoms with Gasteiger partial charge in [0.25, 0.3) is 0 Å². The van der Waals surface area contributed by atoms with Crippen LogP contribution in [0.3, 0.4) is 0 Å². The van der Waals surface area contributed by atoms with Gasteiger partial charge in [-0.25, -0.2) is 0 Å². The molecule has 0 aromatic heterocycles. The molecule has 2 fully saturated rings. The van der Waals surface area contributed by atoms with Crippen molar-refractivity contribution >= 4 is 0 Å². The lowest BCUT2D eigenvalue weighted by molar-refractivity contribution is 0.256. The van der Waals surface area contributed by atoms with E-state index < -0.39 is 0 Å². The molecule has 4 rings (SSSR count). The Kier molecular flexibility index (Phi) is 2.96. The molecule has 0 saturated heterocycles. The maximum atomic E-state index is 3.69. The van der Waals surface area contributed by atoms with Gasteiger partial charge >= 0.3 is 0 Å². The van der Waals surface area contributed by atoms with Gasteiger partial charge in [0.05, 0.1) is 0 Å². The third kappa shape index (κ3) is 1.86. The summed E-state index contributed by atoms with van der Waals surface area (Å²) in [5.41, 5.74) is 4.02. The number of rotatable bonds is 3. The zero-order chi connectivity index (χ0) is 13.7. The maximum absolute atomic E-state index is 3.69. The quantitative estimate of drug-likeness (QED) is 0.879. The highest BCUT2D eigenvalue weighted by atomic mass is 14.9. The smallest absolute Gasteiger partial charge is 0.00104 e. The van der Waals surface area contributed by atoms with E-state index in [0.29, 0.717) is 11.5 Å². The van der Waals surface area contributed by atoms with Gasteiger partial charge in [-0.2, -0.15) is 0 Å². The van der Waals surface area contributed by atoms with Gasteiger partial charge in [0.15, 0.2) is 0 Å². The molecule has 1 spiro atoms. The van der Waals surface area contributed by atoms with Crippen molar-refractivity contribution in [3.8, 4) is 0 Å². The van der Waals surface area contributed by atoms with E-state index >= 15 is 0 Å². The molecule has 3 atom stereocenters. The third-order valence-corrected chi connectivity index (χ3v) is 6.41. The molecule has 3 aliphatic carbocycles. The van der Waals surface area contributed by atoms with Crippen LogP contribution in [-0.2, 0) is 12.8 Å². The number of benzene rings is 1. The van der Waals surface area contributed by atoms with Gasteiger partial charge in [-0.05, 0) is 72.9 Å². The van der Waals surface area contributed by atoms with E-state index in [0.717, 1.165) is 17.8 Å². The van der Waals surface area contributed by atoms with Crippen molar-refractivity contribution in [3.63, 3.8) is 0 Å². The zero-order valence-electron chi connectivity index (χ0n) is 12.9. The first-order valence-electron chi connectivity index (χ1n) is 8.50. The Labute approximate surface area is 123 Å². The van der Waals surface area contributed by atoms with E-state index in [1.807, 2.05) is 0 Å². The predicted molar refractivity (Wildman–Crippen MR) is 83.7 cm³/mol. The Morgan fingerprint density at radius 3 is 2.25 bits per heavy atom. The topological polar surface area (TPSA) is 12.0 Å². The van der Waals surface area contributed by atoms with Gasteiger partial charge in [0.2, 0.25) is 0 Å². The standard InChI is InChI=1S/C19H27N/c1-13(2)20-12-18-11-19(18)16-7-8-17(19)10-15-6-4-3-5-14(15)9-16/h3-6,13,16-18,20H,7-12H2,1-2H3. The number of hydrogen-bond donors (Lipinski definition) is 1. The summed E-state index contributed by atoms with van der Waals surface area (Å²) in [6.45, 7) is 5.79. The second kappa shape index (κ2) is 4.59. The number of hydrogen-bond acceptors (Lipinski definition) is 1. The molecule has 20 heavy (non-hydrogen) atoms. The van der Waals surface area contributed by atoms with Crippen molar-refractivity contribution in [1.82, 2.24) is 5.32 Å². The van der Waals surface area contributed by atoms with Crippen LogP contribution in [-0.4, -0.2) is 12.6 Å². The van der Waals surface area contributed by atoms with Crippen LogP contribution in [0.5, 0.6) is 0 Å². The Balaban J connectivity index is 1.57. The van der Waals surface area contributed by atoms with Crippen LogP contribution < -0.4 is 5.32 Å². The minimum atomic E-state index is 0.633. The summed E-state index contributed by atoms with van der Waals surface area (Å²) in [6.07, 6.45) is 7.17. The highest BCUT2D eigenvalue weighted by Gasteiger charge is 2.65. The Morgan fingerprint density at radius 1 is 1.10 bits per heavy atom. The molecule has 1 aromatic rings. The molecule has 0 amide bonds. The normalized spacial score (nSPS) is 38.0. The average Bonchev–Trinajstić information content (AvgIpc) is 3.06. The molecule has 0 heterocycles. The zero-order valence-corrected chi connectivity index (χ0v) is 12.9. The van der Waals surface area contributed by atoms with Crippen molar-refractivity contribution in [2.24, 2.45) is 23.2 Å². The summed E-state index contributed by atoms with van der Waals surface area (Å²) >= 11 is 0. The minimum Gasteiger partial charge on any atom is -0.314 e. The maximum Gasteiger partial charge on any atom is 0.00104 e. The molecule has 2 saturated carbocycles. The van der Waals surface area contributed by atoms with Crippen LogP contribution in [0.2, 0.25) is 0 Å². The molecule has 1 nitrogen and oxygen atoms in total. The van der Waals surface area contributed by atoms with E-state index in [2.05, 4.69) is 43.4 Å². The lowest BCUT2D eigenvalue weighted by atomic mass is 9.82. The summed E-state index contributed by atoms with van der Waals surface area (Å²) in [6, 6.07) is 9.86. The van der Waals surface area contributed by atoms with E-state index in [1.165, 1.54) is 38.6 Å². The van der Waals surface area contributed by atoms with Crippen molar-refractivity contribution in [1.29, 1.82) is 0 Å². The molecule has 1 N–H and O–H groups in total. The molecule has 0 radical (unpaired) electrons. The molecule has 0 aliphatic heterocycles. The van der Waals surface area contributed by atoms with E-state index in [1.54, 1.807) is 11.1 Å². The minimum absolute atomic E-state index is 0.633. The van der Waals surface area contributed by atoms with Gasteiger partial charge in [-0.15, -0.1) is 0 Å². The first-order chi connectivity index (χ1) is 9.70. The Hall–Kier alpha value is -0.820. The fraction of sp³-hybridized carbons (Fsp3) is 0.684. The Morgan fingerprint density at radius 2 is 1.70 bits per heavy atom. The molecule has 1 aromatic carbocycles. The molecule has 2 bridgehead atoms. The molecule has 108 valence electrons. The van der Waals surface area contributed by atoms with E-state index in [9.17, 15) is 0 Å². The fourth-order valence-electron chi connectivity index (χ4n) is 5.35. The highest BCUT2D eigenvalue weighted by Crippen LogP contribution is 2.70. The number of fused-ring (bicyclic) bond motifs is 1. The van der Waals surface area contributed by atoms with Gasteiger partial charge in [-0.3, -0.25) is 0 Å². The summed E-state index contributed by atoms with van der Waals surface area (Å²) in [5, 5.41) is 3.69. The van der Waals surface area contributed by atoms with Crippen LogP contribution in [0, 0.1) is 23.2 Å². The van der Waals surface area contributed by atoms with Gasteiger partial charge in [-0.1, -0.05) is 38.1 Å². The van der Waals surface area contributed by atoms with Crippen molar-refractivity contribution in [3.05, 3.63) is 35.4 Å². The van der Waals surface area contributed by atoms with Crippen molar-refractivity contribution < 1.29 is 0 Å².